The van der Waals surface area contributed by atoms with Crippen LogP contribution in [0.3, 0.4) is 0 Å². The molecule has 230 valence electrons. The number of anilines is 3. The highest BCUT2D eigenvalue weighted by atomic mass is 15.4. The minimum Gasteiger partial charge on any atom is -0.355 e. The van der Waals surface area contributed by atoms with Crippen LogP contribution in [0.1, 0.15) is 22.4 Å². The summed E-state index contributed by atoms with van der Waals surface area (Å²) in [5.41, 5.74) is 11.0. The zero-order chi connectivity index (χ0) is 32.1. The minimum atomic E-state index is -0.631. The van der Waals surface area contributed by atoms with E-state index in [1.54, 1.807) is 0 Å². The van der Waals surface area contributed by atoms with Crippen molar-refractivity contribution in [2.45, 2.75) is 5.41 Å². The predicted octanol–water partition coefficient (Wildman–Crippen LogP) is 10.1. The Hall–Kier alpha value is -6.13. The van der Waals surface area contributed by atoms with Crippen LogP contribution >= 0.6 is 0 Å². The van der Waals surface area contributed by atoms with Crippen molar-refractivity contribution >= 4 is 38.9 Å². The fraction of sp³-hybridized carbons (Fsp3) is 0.0682. The summed E-state index contributed by atoms with van der Waals surface area (Å²) in [4.78, 5) is 9.75. The van der Waals surface area contributed by atoms with Crippen LogP contribution in [0.5, 0.6) is 0 Å². The van der Waals surface area contributed by atoms with Gasteiger partial charge < -0.3 is 14.4 Å². The Morgan fingerprint density at radius 1 is 0.500 bits per heavy atom. The van der Waals surface area contributed by atoms with Crippen molar-refractivity contribution < 1.29 is 0 Å². The third-order valence-electron chi connectivity index (χ3n) is 9.91. The summed E-state index contributed by atoms with van der Waals surface area (Å²) >= 11 is 0. The first-order chi connectivity index (χ1) is 23.7. The molecule has 0 radical (unpaired) electrons. The summed E-state index contributed by atoms with van der Waals surface area (Å²) in [6.45, 7) is 0.807. The fourth-order valence-corrected chi connectivity index (χ4v) is 7.79. The van der Waals surface area contributed by atoms with Crippen LogP contribution in [-0.4, -0.2) is 23.3 Å². The number of fused-ring (bicyclic) bond motifs is 4. The lowest BCUT2D eigenvalue weighted by molar-refractivity contribution is 0.713. The van der Waals surface area contributed by atoms with E-state index in [4.69, 9.17) is 4.98 Å². The van der Waals surface area contributed by atoms with Gasteiger partial charge in [0.05, 0.1) is 40.2 Å². The lowest BCUT2D eigenvalue weighted by Crippen LogP contribution is -2.32. The Kier molecular flexibility index (Phi) is 6.61. The highest BCUT2D eigenvalue weighted by Gasteiger charge is 2.40. The molecule has 4 heteroatoms. The van der Waals surface area contributed by atoms with Gasteiger partial charge in [0.15, 0.2) is 0 Å². The lowest BCUT2D eigenvalue weighted by Gasteiger charge is -2.36. The van der Waals surface area contributed by atoms with Gasteiger partial charge in [0.1, 0.15) is 0 Å². The molecule has 9 rings (SSSR count). The van der Waals surface area contributed by atoms with E-state index in [0.717, 1.165) is 23.6 Å². The van der Waals surface area contributed by atoms with E-state index >= 15 is 0 Å². The van der Waals surface area contributed by atoms with E-state index in [9.17, 15) is 0 Å². The van der Waals surface area contributed by atoms with Gasteiger partial charge in [-0.2, -0.15) is 0 Å². The van der Waals surface area contributed by atoms with E-state index in [0.29, 0.717) is 0 Å². The molecule has 0 unspecified atom stereocenters. The molecule has 0 amide bonds. The molecule has 0 saturated heterocycles. The molecule has 0 saturated carbocycles. The van der Waals surface area contributed by atoms with Crippen molar-refractivity contribution in [2.24, 2.45) is 0 Å². The van der Waals surface area contributed by atoms with E-state index in [2.05, 4.69) is 185 Å². The molecule has 0 atom stereocenters. The van der Waals surface area contributed by atoms with Crippen LogP contribution in [0.15, 0.2) is 176 Å². The molecular weight excluding hydrogens is 585 g/mol. The Bertz CT molecular complexity index is 2300. The van der Waals surface area contributed by atoms with Gasteiger partial charge in [0, 0.05) is 35.4 Å². The number of nitrogens with zero attached hydrogens (tertiary/aromatic N) is 4. The summed E-state index contributed by atoms with van der Waals surface area (Å²) in [7, 11) is 2.16. The van der Waals surface area contributed by atoms with Gasteiger partial charge in [-0.05, 0) is 71.3 Å². The fourth-order valence-electron chi connectivity index (χ4n) is 7.79. The quantitative estimate of drug-likeness (QED) is 0.173. The standard InChI is InChI=1S/C44H34N4/c1-46-31-47(41-24-11-10-23-40(41)46)35-26-27-38-37-21-8-9-22-39(37)48(42(38)30-35)36-20-14-19-34(29-36)44(32-15-4-2-5-16-32,33-17-6-3-7-18-33)43-25-12-13-28-45-43/h2-30H,31H2,1H3. The third-order valence-corrected chi connectivity index (χ3v) is 9.91. The molecule has 6 aromatic carbocycles. The minimum absolute atomic E-state index is 0.631. The van der Waals surface area contributed by atoms with Gasteiger partial charge in [-0.15, -0.1) is 0 Å². The number of aromatic nitrogens is 2. The molecule has 48 heavy (non-hydrogen) atoms. The number of hydrogen-bond donors (Lipinski definition) is 0. The monoisotopic (exact) mass is 618 g/mol. The summed E-state index contributed by atoms with van der Waals surface area (Å²) in [6.07, 6.45) is 1.90. The van der Waals surface area contributed by atoms with E-state index in [1.807, 2.05) is 12.3 Å². The lowest BCUT2D eigenvalue weighted by atomic mass is 9.67. The first-order valence-corrected chi connectivity index (χ1v) is 16.5. The van der Waals surface area contributed by atoms with Crippen LogP contribution in [0, 0.1) is 0 Å². The van der Waals surface area contributed by atoms with Gasteiger partial charge >= 0.3 is 0 Å². The molecule has 0 spiro atoms. The normalized spacial score (nSPS) is 12.9. The van der Waals surface area contributed by atoms with Gasteiger partial charge in [-0.25, -0.2) is 0 Å². The van der Waals surface area contributed by atoms with Crippen molar-refractivity contribution in [1.29, 1.82) is 0 Å². The van der Waals surface area contributed by atoms with Crippen LogP contribution in [-0.2, 0) is 5.41 Å². The average molecular weight is 619 g/mol. The first-order valence-electron chi connectivity index (χ1n) is 16.5. The van der Waals surface area contributed by atoms with Crippen molar-refractivity contribution in [3.05, 3.63) is 198 Å². The van der Waals surface area contributed by atoms with E-state index < -0.39 is 5.41 Å². The molecule has 0 aliphatic carbocycles. The molecule has 0 N–H and O–H groups in total. The number of para-hydroxylation sites is 3. The van der Waals surface area contributed by atoms with Crippen molar-refractivity contribution in [3.63, 3.8) is 0 Å². The molecule has 3 heterocycles. The zero-order valence-corrected chi connectivity index (χ0v) is 26.7. The topological polar surface area (TPSA) is 24.3 Å². The SMILES string of the molecule is CN1CN(c2ccc3c4ccccc4n(-c4cccc(C(c5ccccc5)(c5ccccc5)c5ccccn5)c4)c3c2)c2ccccc21. The molecule has 2 aromatic heterocycles. The second-order valence-corrected chi connectivity index (χ2v) is 12.6. The van der Waals surface area contributed by atoms with Gasteiger partial charge in [-0.3, -0.25) is 4.98 Å². The summed E-state index contributed by atoms with van der Waals surface area (Å²) in [5.74, 6) is 0. The Labute approximate surface area is 280 Å². The highest BCUT2D eigenvalue weighted by molar-refractivity contribution is 6.10. The number of benzene rings is 6. The Morgan fingerprint density at radius 2 is 1.15 bits per heavy atom. The number of rotatable bonds is 6. The highest BCUT2D eigenvalue weighted by Crippen LogP contribution is 2.46. The smallest absolute Gasteiger partial charge is 0.0950 e. The second kappa shape index (κ2) is 11.3. The Balaban J connectivity index is 1.30. The Morgan fingerprint density at radius 3 is 1.90 bits per heavy atom. The van der Waals surface area contributed by atoms with Gasteiger partial charge in [0.2, 0.25) is 0 Å². The maximum Gasteiger partial charge on any atom is 0.0950 e. The third kappa shape index (κ3) is 4.26. The molecule has 0 bridgehead atoms. The largest absolute Gasteiger partial charge is 0.355 e. The number of pyridine rings is 1. The van der Waals surface area contributed by atoms with Crippen molar-refractivity contribution in [3.8, 4) is 5.69 Å². The van der Waals surface area contributed by atoms with E-state index in [-0.39, 0.29) is 0 Å². The summed E-state index contributed by atoms with van der Waals surface area (Å²) in [6, 6.07) is 61.2. The number of hydrogen-bond acceptors (Lipinski definition) is 3. The molecular formula is C44H34N4. The average Bonchev–Trinajstić information content (AvgIpc) is 3.68. The summed E-state index contributed by atoms with van der Waals surface area (Å²) in [5, 5.41) is 2.48. The predicted molar refractivity (Wildman–Crippen MR) is 199 cm³/mol. The van der Waals surface area contributed by atoms with Crippen LogP contribution in [0.4, 0.5) is 17.1 Å². The second-order valence-electron chi connectivity index (χ2n) is 12.6. The molecule has 0 fully saturated rings. The maximum absolute atomic E-state index is 5.04. The van der Waals surface area contributed by atoms with E-state index in [1.165, 1.54) is 50.0 Å². The molecule has 4 nitrogen and oxygen atoms in total. The molecule has 8 aromatic rings. The van der Waals surface area contributed by atoms with Crippen LogP contribution in [0.2, 0.25) is 0 Å². The molecule has 1 aliphatic rings. The van der Waals surface area contributed by atoms with Crippen molar-refractivity contribution in [2.75, 3.05) is 23.5 Å². The van der Waals surface area contributed by atoms with Crippen molar-refractivity contribution in [1.82, 2.24) is 9.55 Å². The van der Waals surface area contributed by atoms with Gasteiger partial charge in [-0.1, -0.05) is 115 Å². The van der Waals surface area contributed by atoms with Crippen LogP contribution < -0.4 is 9.80 Å². The first kappa shape index (κ1) is 28.1. The van der Waals surface area contributed by atoms with Gasteiger partial charge in [0.25, 0.3) is 0 Å². The molecule has 1 aliphatic heterocycles. The summed E-state index contributed by atoms with van der Waals surface area (Å²) < 4.78 is 2.43. The van der Waals surface area contributed by atoms with Crippen LogP contribution in [0.25, 0.3) is 27.5 Å². The zero-order valence-electron chi connectivity index (χ0n) is 26.7. The maximum atomic E-state index is 5.04.